The molecule has 0 aliphatic heterocycles. The smallest absolute Gasteiger partial charge is 0.307 e. The zero-order valence-corrected chi connectivity index (χ0v) is 16.3. The van der Waals surface area contributed by atoms with Gasteiger partial charge in [-0.25, -0.2) is 4.98 Å². The number of hydrogen-bond acceptors (Lipinski definition) is 4. The highest BCUT2D eigenvalue weighted by Gasteiger charge is 2.77. The molecule has 0 unspecified atom stereocenters. The summed E-state index contributed by atoms with van der Waals surface area (Å²) < 4.78 is 5.96. The highest BCUT2D eigenvalue weighted by molar-refractivity contribution is 9.10. The van der Waals surface area contributed by atoms with Crippen LogP contribution < -0.4 is 5.32 Å². The fraction of sp³-hybridized carbons (Fsp3) is 0.632. The molecule has 1 spiro atoms. The van der Waals surface area contributed by atoms with Crippen molar-refractivity contribution in [2.45, 2.75) is 32.1 Å². The number of aromatic nitrogens is 1. The standard InChI is InChI=1S/C19H23BrN2O4/c1-26-9-8-19(17(25)22-11-2-5-14(20)21-10-11)13-4-3-12(15(19)16(23)24)18(13)6-7-18/h2,5,10,12-13,15H,3-4,6-9H2,1H3,(H,22,25)(H,23,24)/t12-,13+,15+,19-/m1/s1. The molecule has 1 aromatic rings. The van der Waals surface area contributed by atoms with E-state index < -0.39 is 17.3 Å². The number of pyridine rings is 1. The van der Waals surface area contributed by atoms with Crippen LogP contribution in [0.2, 0.25) is 0 Å². The fourth-order valence-electron chi connectivity index (χ4n) is 5.99. The van der Waals surface area contributed by atoms with Gasteiger partial charge in [0.25, 0.3) is 0 Å². The van der Waals surface area contributed by atoms with Gasteiger partial charge in [-0.2, -0.15) is 0 Å². The van der Waals surface area contributed by atoms with E-state index in [1.54, 1.807) is 25.4 Å². The molecule has 1 heterocycles. The molecule has 0 saturated heterocycles. The average Bonchev–Trinajstić information content (AvgIpc) is 3.28. The molecule has 0 aromatic carbocycles. The van der Waals surface area contributed by atoms with Crippen LogP contribution in [0.25, 0.3) is 0 Å². The Morgan fingerprint density at radius 3 is 2.73 bits per heavy atom. The van der Waals surface area contributed by atoms with E-state index in [-0.39, 0.29) is 23.2 Å². The van der Waals surface area contributed by atoms with Crippen LogP contribution in [0.15, 0.2) is 22.9 Å². The number of aliphatic carboxylic acids is 1. The first kappa shape index (κ1) is 17.9. The van der Waals surface area contributed by atoms with E-state index in [1.807, 2.05) is 0 Å². The molecule has 3 fully saturated rings. The number of carbonyl (C=O) groups excluding carboxylic acids is 1. The van der Waals surface area contributed by atoms with Crippen LogP contribution in [0.4, 0.5) is 5.69 Å². The highest BCUT2D eigenvalue weighted by atomic mass is 79.9. The van der Waals surface area contributed by atoms with Gasteiger partial charge in [0.1, 0.15) is 4.60 Å². The molecule has 2 bridgehead atoms. The van der Waals surface area contributed by atoms with Crippen LogP contribution in [0, 0.1) is 28.6 Å². The minimum Gasteiger partial charge on any atom is -0.481 e. The first-order chi connectivity index (χ1) is 12.5. The molecule has 3 aliphatic carbocycles. The Hall–Kier alpha value is -1.47. The zero-order chi connectivity index (χ0) is 18.5. The van der Waals surface area contributed by atoms with Crippen LogP contribution in [-0.4, -0.2) is 35.7 Å². The zero-order valence-electron chi connectivity index (χ0n) is 14.7. The molecule has 3 aliphatic rings. The first-order valence-electron chi connectivity index (χ1n) is 9.10. The number of carboxylic acids is 1. The number of methoxy groups -OCH3 is 1. The first-order valence-corrected chi connectivity index (χ1v) is 9.90. The lowest BCUT2D eigenvalue weighted by Gasteiger charge is -2.40. The lowest BCUT2D eigenvalue weighted by Crippen LogP contribution is -2.50. The van der Waals surface area contributed by atoms with E-state index in [4.69, 9.17) is 4.74 Å². The van der Waals surface area contributed by atoms with Crippen molar-refractivity contribution in [3.63, 3.8) is 0 Å². The number of anilines is 1. The fourth-order valence-corrected chi connectivity index (χ4v) is 6.23. The van der Waals surface area contributed by atoms with Crippen molar-refractivity contribution in [3.8, 4) is 0 Å². The van der Waals surface area contributed by atoms with Crippen molar-refractivity contribution in [3.05, 3.63) is 22.9 Å². The normalized spacial score (nSPS) is 33.4. The topological polar surface area (TPSA) is 88.5 Å². The summed E-state index contributed by atoms with van der Waals surface area (Å²) in [6.07, 6.45) is 5.98. The Bertz CT molecular complexity index is 734. The van der Waals surface area contributed by atoms with Crippen LogP contribution in [-0.2, 0) is 14.3 Å². The summed E-state index contributed by atoms with van der Waals surface area (Å²) in [6.45, 7) is 0.384. The number of hydrogen-bond donors (Lipinski definition) is 2. The molecular weight excluding hydrogens is 400 g/mol. The summed E-state index contributed by atoms with van der Waals surface area (Å²) in [6, 6.07) is 3.53. The third-order valence-electron chi connectivity index (χ3n) is 7.00. The number of nitrogens with zero attached hydrogens (tertiary/aromatic N) is 1. The molecule has 1 aromatic heterocycles. The number of nitrogens with one attached hydrogen (secondary N) is 1. The lowest BCUT2D eigenvalue weighted by atomic mass is 9.63. The number of ether oxygens (including phenoxy) is 1. The maximum atomic E-state index is 13.5. The predicted octanol–water partition coefficient (Wildman–Crippen LogP) is 3.33. The molecule has 4 rings (SSSR count). The highest BCUT2D eigenvalue weighted by Crippen LogP contribution is 2.79. The van der Waals surface area contributed by atoms with E-state index in [0.29, 0.717) is 23.3 Å². The molecule has 4 atom stereocenters. The molecule has 26 heavy (non-hydrogen) atoms. The molecule has 2 N–H and O–H groups in total. The molecular formula is C19H23BrN2O4. The monoisotopic (exact) mass is 422 g/mol. The van der Waals surface area contributed by atoms with E-state index in [9.17, 15) is 14.7 Å². The quantitative estimate of drug-likeness (QED) is 0.686. The predicted molar refractivity (Wildman–Crippen MR) is 98.5 cm³/mol. The summed E-state index contributed by atoms with van der Waals surface area (Å²) in [4.78, 5) is 29.9. The number of rotatable bonds is 6. The number of carbonyl (C=O) groups is 2. The third-order valence-corrected chi connectivity index (χ3v) is 7.47. The number of amides is 1. The van der Waals surface area contributed by atoms with Crippen molar-refractivity contribution in [2.75, 3.05) is 19.0 Å². The second-order valence-electron chi connectivity index (χ2n) is 7.89. The van der Waals surface area contributed by atoms with Crippen LogP contribution in [0.3, 0.4) is 0 Å². The van der Waals surface area contributed by atoms with Crippen molar-refractivity contribution >= 4 is 33.5 Å². The van der Waals surface area contributed by atoms with Gasteiger partial charge in [-0.05, 0) is 77.4 Å². The van der Waals surface area contributed by atoms with Crippen molar-refractivity contribution in [1.82, 2.24) is 4.98 Å². The molecule has 0 radical (unpaired) electrons. The van der Waals surface area contributed by atoms with E-state index >= 15 is 0 Å². The molecule has 140 valence electrons. The van der Waals surface area contributed by atoms with Gasteiger partial charge in [-0.15, -0.1) is 0 Å². The van der Waals surface area contributed by atoms with Crippen molar-refractivity contribution in [1.29, 1.82) is 0 Å². The van der Waals surface area contributed by atoms with E-state index in [1.165, 1.54) is 0 Å². The van der Waals surface area contributed by atoms with Gasteiger partial charge >= 0.3 is 5.97 Å². The minimum absolute atomic E-state index is 0.0616. The Labute approximate surface area is 160 Å². The van der Waals surface area contributed by atoms with Gasteiger partial charge in [-0.1, -0.05) is 0 Å². The van der Waals surface area contributed by atoms with E-state index in [0.717, 1.165) is 25.7 Å². The summed E-state index contributed by atoms with van der Waals surface area (Å²) in [5.74, 6) is -1.44. The molecule has 7 heteroatoms. The maximum absolute atomic E-state index is 13.5. The molecule has 3 saturated carbocycles. The Kier molecular flexibility index (Phi) is 4.34. The van der Waals surface area contributed by atoms with Crippen LogP contribution >= 0.6 is 15.9 Å². The maximum Gasteiger partial charge on any atom is 0.307 e. The number of carboxylic acid groups (broad SMARTS) is 1. The van der Waals surface area contributed by atoms with Gasteiger partial charge in [0.15, 0.2) is 0 Å². The van der Waals surface area contributed by atoms with Crippen LogP contribution in [0.5, 0.6) is 0 Å². The Morgan fingerprint density at radius 2 is 2.15 bits per heavy atom. The minimum atomic E-state index is -0.908. The van der Waals surface area contributed by atoms with E-state index in [2.05, 4.69) is 26.2 Å². The molecule has 6 nitrogen and oxygen atoms in total. The lowest BCUT2D eigenvalue weighted by molar-refractivity contribution is -0.156. The van der Waals surface area contributed by atoms with Crippen LogP contribution in [0.1, 0.15) is 32.1 Å². The second kappa shape index (κ2) is 6.30. The second-order valence-corrected chi connectivity index (χ2v) is 8.70. The largest absolute Gasteiger partial charge is 0.481 e. The van der Waals surface area contributed by atoms with Gasteiger partial charge in [0, 0.05) is 13.7 Å². The Balaban J connectivity index is 1.71. The van der Waals surface area contributed by atoms with Gasteiger partial charge < -0.3 is 15.2 Å². The van der Waals surface area contributed by atoms with Gasteiger partial charge in [0.2, 0.25) is 5.91 Å². The summed E-state index contributed by atoms with van der Waals surface area (Å²) in [5.41, 5.74) is -0.257. The van der Waals surface area contributed by atoms with Crippen molar-refractivity contribution < 1.29 is 19.4 Å². The van der Waals surface area contributed by atoms with Gasteiger partial charge in [-0.3, -0.25) is 9.59 Å². The number of halogens is 1. The summed E-state index contributed by atoms with van der Waals surface area (Å²) >= 11 is 3.28. The van der Waals surface area contributed by atoms with Gasteiger partial charge in [0.05, 0.1) is 23.2 Å². The van der Waals surface area contributed by atoms with Crippen molar-refractivity contribution in [2.24, 2.45) is 28.6 Å². The third kappa shape index (κ3) is 2.43. The SMILES string of the molecule is COCC[C@]1(C(=O)Nc2ccc(Br)nc2)[C@H](C(=O)O)[C@H]2CC[C@H]1C21CC1. The summed E-state index contributed by atoms with van der Waals surface area (Å²) in [5, 5.41) is 13.0. The molecule has 1 amide bonds. The Morgan fingerprint density at radius 1 is 1.38 bits per heavy atom. The average molecular weight is 423 g/mol. The summed E-state index contributed by atoms with van der Waals surface area (Å²) in [7, 11) is 1.60.